The summed E-state index contributed by atoms with van der Waals surface area (Å²) in [5, 5.41) is -0.510. The molecule has 1 aromatic heterocycles. The van der Waals surface area contributed by atoms with Crippen LogP contribution >= 0.6 is 23.2 Å². The molecule has 1 N–H and O–H groups in total. The Balaban J connectivity index is 2.46. The Bertz CT molecular complexity index is 860. The van der Waals surface area contributed by atoms with Crippen LogP contribution < -0.4 is 10.3 Å². The monoisotopic (exact) mass is 380 g/mol. The van der Waals surface area contributed by atoms with Crippen molar-refractivity contribution in [2.24, 2.45) is 0 Å². The van der Waals surface area contributed by atoms with E-state index in [0.29, 0.717) is 6.07 Å². The SMILES string of the molecule is [B]c1ncc(Cl)cc1NS(=O)(=O)c1ccc(Cl)c(C(F)(F)F)c1. The van der Waals surface area contributed by atoms with Crippen LogP contribution in [0.1, 0.15) is 5.56 Å². The van der Waals surface area contributed by atoms with E-state index in [2.05, 4.69) is 4.98 Å². The molecule has 4 nitrogen and oxygen atoms in total. The number of anilines is 1. The summed E-state index contributed by atoms with van der Waals surface area (Å²) in [7, 11) is 1.16. The summed E-state index contributed by atoms with van der Waals surface area (Å²) in [4.78, 5) is 3.01. The third-order valence-electron chi connectivity index (χ3n) is 2.68. The average molecular weight is 381 g/mol. The molecule has 0 bridgehead atoms. The van der Waals surface area contributed by atoms with E-state index in [4.69, 9.17) is 31.0 Å². The van der Waals surface area contributed by atoms with Crippen molar-refractivity contribution in [1.29, 1.82) is 0 Å². The minimum absolute atomic E-state index is 0.101. The summed E-state index contributed by atoms with van der Waals surface area (Å²) in [5.41, 5.74) is -1.59. The van der Waals surface area contributed by atoms with Gasteiger partial charge in [0.2, 0.25) is 0 Å². The van der Waals surface area contributed by atoms with Crippen LogP contribution in [0.2, 0.25) is 10.0 Å². The Hall–Kier alpha value is -1.45. The van der Waals surface area contributed by atoms with Crippen LogP contribution in [0.4, 0.5) is 18.9 Å². The molecule has 2 rings (SSSR count). The van der Waals surface area contributed by atoms with Gasteiger partial charge in [-0.15, -0.1) is 0 Å². The van der Waals surface area contributed by atoms with Gasteiger partial charge < -0.3 is 0 Å². The molecule has 2 aromatic rings. The normalized spacial score (nSPS) is 12.2. The number of sulfonamides is 1. The quantitative estimate of drug-likeness (QED) is 0.832. The Morgan fingerprint density at radius 3 is 2.43 bits per heavy atom. The molecule has 0 fully saturated rings. The van der Waals surface area contributed by atoms with Gasteiger partial charge in [0.15, 0.2) is 0 Å². The number of pyridine rings is 1. The number of nitrogens with zero attached hydrogens (tertiary/aromatic N) is 1. The number of hydrogen-bond acceptors (Lipinski definition) is 3. The highest BCUT2D eigenvalue weighted by Crippen LogP contribution is 2.36. The molecular formula is C12H6BCl2F3N2O2S. The van der Waals surface area contributed by atoms with Gasteiger partial charge in [-0.1, -0.05) is 23.2 Å². The van der Waals surface area contributed by atoms with Crippen LogP contribution in [0.25, 0.3) is 0 Å². The molecule has 0 aliphatic rings. The smallest absolute Gasteiger partial charge is 0.279 e. The van der Waals surface area contributed by atoms with Gasteiger partial charge in [-0.25, -0.2) is 8.42 Å². The minimum Gasteiger partial charge on any atom is -0.279 e. The zero-order chi connectivity index (χ0) is 17.4. The van der Waals surface area contributed by atoms with Crippen LogP contribution in [0, 0.1) is 0 Å². The molecule has 1 heterocycles. The molecule has 0 unspecified atom stereocenters. The third kappa shape index (κ3) is 4.10. The van der Waals surface area contributed by atoms with Crippen LogP contribution in [-0.2, 0) is 16.2 Å². The minimum atomic E-state index is -4.79. The predicted molar refractivity (Wildman–Crippen MR) is 81.9 cm³/mol. The highest BCUT2D eigenvalue weighted by molar-refractivity contribution is 7.92. The van der Waals surface area contributed by atoms with Gasteiger partial charge >= 0.3 is 6.18 Å². The first-order chi connectivity index (χ1) is 10.5. The molecule has 0 aliphatic carbocycles. The lowest BCUT2D eigenvalue weighted by atomic mass is 10.0. The second kappa shape index (κ2) is 6.22. The zero-order valence-electron chi connectivity index (χ0n) is 11.0. The van der Waals surface area contributed by atoms with Gasteiger partial charge in [0, 0.05) is 11.8 Å². The average Bonchev–Trinajstić information content (AvgIpc) is 2.41. The molecule has 11 heteroatoms. The first-order valence-electron chi connectivity index (χ1n) is 5.81. The molecule has 1 aromatic carbocycles. The van der Waals surface area contributed by atoms with Crippen molar-refractivity contribution < 1.29 is 21.6 Å². The fourth-order valence-electron chi connectivity index (χ4n) is 1.62. The highest BCUT2D eigenvalue weighted by atomic mass is 35.5. The van der Waals surface area contributed by atoms with Crippen molar-refractivity contribution in [3.8, 4) is 0 Å². The molecule has 0 amide bonds. The first-order valence-corrected chi connectivity index (χ1v) is 8.05. The molecule has 120 valence electrons. The fraction of sp³-hybridized carbons (Fsp3) is 0.0833. The van der Waals surface area contributed by atoms with E-state index < -0.39 is 31.7 Å². The van der Waals surface area contributed by atoms with Crippen molar-refractivity contribution in [3.05, 3.63) is 46.1 Å². The molecular weight excluding hydrogens is 375 g/mol. The molecule has 0 aliphatic heterocycles. The first kappa shape index (κ1) is 17.9. The maximum Gasteiger partial charge on any atom is 0.417 e. The van der Waals surface area contributed by atoms with Crippen LogP contribution in [0.15, 0.2) is 35.4 Å². The Kier molecular flexibility index (Phi) is 4.84. The van der Waals surface area contributed by atoms with Crippen molar-refractivity contribution in [2.45, 2.75) is 11.1 Å². The highest BCUT2D eigenvalue weighted by Gasteiger charge is 2.34. The van der Waals surface area contributed by atoms with Gasteiger partial charge in [-0.3, -0.25) is 9.71 Å². The molecule has 0 spiro atoms. The zero-order valence-corrected chi connectivity index (χ0v) is 13.4. The lowest BCUT2D eigenvalue weighted by Gasteiger charge is -2.13. The summed E-state index contributed by atoms with van der Waals surface area (Å²) in [5.74, 6) is 0. The van der Waals surface area contributed by atoms with Gasteiger partial charge in [-0.05, 0) is 24.3 Å². The van der Waals surface area contributed by atoms with Gasteiger partial charge in [0.1, 0.15) is 7.85 Å². The summed E-state index contributed by atoms with van der Waals surface area (Å²) >= 11 is 11.1. The van der Waals surface area contributed by atoms with Crippen molar-refractivity contribution in [1.82, 2.24) is 4.98 Å². The van der Waals surface area contributed by atoms with Crippen LogP contribution in [0.5, 0.6) is 0 Å². The standard InChI is InChI=1S/C12H6BCl2F3N2O2S/c13-11-10(3-6(14)5-19-11)20-23(21,22)7-1-2-9(15)8(4-7)12(16,17)18/h1-5,20H. The van der Waals surface area contributed by atoms with Gasteiger partial charge in [0.05, 0.1) is 26.2 Å². The summed E-state index contributed by atoms with van der Waals surface area (Å²) in [6, 6.07) is 3.40. The van der Waals surface area contributed by atoms with Crippen LogP contribution in [-0.4, -0.2) is 21.2 Å². The number of aromatic nitrogens is 1. The Morgan fingerprint density at radius 1 is 1.17 bits per heavy atom. The second-order valence-corrected chi connectivity index (χ2v) is 6.86. The third-order valence-corrected chi connectivity index (χ3v) is 4.58. The van der Waals surface area contributed by atoms with E-state index in [9.17, 15) is 21.6 Å². The molecule has 2 radical (unpaired) electrons. The van der Waals surface area contributed by atoms with E-state index in [-0.39, 0.29) is 16.3 Å². The van der Waals surface area contributed by atoms with Gasteiger partial charge in [-0.2, -0.15) is 13.2 Å². The van der Waals surface area contributed by atoms with E-state index in [0.717, 1.165) is 12.1 Å². The van der Waals surface area contributed by atoms with E-state index in [1.807, 2.05) is 4.72 Å². The van der Waals surface area contributed by atoms with Crippen LogP contribution in [0.3, 0.4) is 0 Å². The largest absolute Gasteiger partial charge is 0.417 e. The Labute approximate surface area is 141 Å². The molecule has 0 saturated heterocycles. The topological polar surface area (TPSA) is 59.1 Å². The van der Waals surface area contributed by atoms with E-state index in [1.54, 1.807) is 0 Å². The summed E-state index contributed by atoms with van der Waals surface area (Å²) in [6.07, 6.45) is -3.60. The number of rotatable bonds is 3. The second-order valence-electron chi connectivity index (χ2n) is 4.33. The summed E-state index contributed by atoms with van der Waals surface area (Å²) in [6.45, 7) is 0. The van der Waals surface area contributed by atoms with Crippen molar-refractivity contribution in [3.63, 3.8) is 0 Å². The molecule has 23 heavy (non-hydrogen) atoms. The van der Waals surface area contributed by atoms with Crippen molar-refractivity contribution >= 4 is 52.4 Å². The van der Waals surface area contributed by atoms with E-state index >= 15 is 0 Å². The van der Waals surface area contributed by atoms with Gasteiger partial charge in [0.25, 0.3) is 10.0 Å². The summed E-state index contributed by atoms with van der Waals surface area (Å²) < 4.78 is 64.9. The molecule has 0 atom stereocenters. The lowest BCUT2D eigenvalue weighted by molar-refractivity contribution is -0.137. The fourth-order valence-corrected chi connectivity index (χ4v) is 3.10. The predicted octanol–water partition coefficient (Wildman–Crippen LogP) is 3.00. The number of alkyl halides is 3. The number of halogens is 5. The Morgan fingerprint density at radius 2 is 1.83 bits per heavy atom. The number of hydrogen-bond donors (Lipinski definition) is 1. The van der Waals surface area contributed by atoms with E-state index in [1.165, 1.54) is 12.3 Å². The number of benzene rings is 1. The maximum atomic E-state index is 12.8. The maximum absolute atomic E-state index is 12.8. The lowest BCUT2D eigenvalue weighted by Crippen LogP contribution is -2.21. The van der Waals surface area contributed by atoms with Crippen molar-refractivity contribution in [2.75, 3.05) is 4.72 Å². The number of nitrogens with one attached hydrogen (secondary N) is 1. The molecule has 0 saturated carbocycles.